The Bertz CT molecular complexity index is 694. The van der Waals surface area contributed by atoms with Crippen LogP contribution in [0.4, 0.5) is 0 Å². The van der Waals surface area contributed by atoms with Gasteiger partial charge in [0.25, 0.3) is 0 Å². The molecule has 1 aromatic carbocycles. The number of esters is 1. The minimum absolute atomic E-state index is 0.0730. The van der Waals surface area contributed by atoms with Crippen molar-refractivity contribution in [3.8, 4) is 11.3 Å². The second-order valence-corrected chi connectivity index (χ2v) is 4.45. The Hall–Kier alpha value is -2.67. The normalized spacial score (nSPS) is 10.5. The van der Waals surface area contributed by atoms with Crippen molar-refractivity contribution in [1.82, 2.24) is 5.43 Å². The van der Waals surface area contributed by atoms with E-state index in [0.29, 0.717) is 17.1 Å². The molecule has 3 N–H and O–H groups in total. The molecule has 2 rings (SSSR count). The molecule has 2 aromatic rings. The Morgan fingerprint density at radius 2 is 2.24 bits per heavy atom. The van der Waals surface area contributed by atoms with Crippen molar-refractivity contribution >= 4 is 29.5 Å². The summed E-state index contributed by atoms with van der Waals surface area (Å²) in [4.78, 5) is 11.5. The number of thiocarbonyl (C=S) groups is 1. The number of hydrogen-bond donors (Lipinski definition) is 2. The Labute approximate surface area is 126 Å². The molecule has 0 aliphatic rings. The minimum atomic E-state index is -0.397. The van der Waals surface area contributed by atoms with Gasteiger partial charge in [-0.25, -0.2) is 4.79 Å². The zero-order chi connectivity index (χ0) is 15.2. The summed E-state index contributed by atoms with van der Waals surface area (Å²) in [6.07, 6.45) is 1.45. The van der Waals surface area contributed by atoms with E-state index in [9.17, 15) is 4.79 Å². The highest BCUT2D eigenvalue weighted by Gasteiger charge is 2.09. The molecule has 0 radical (unpaired) electrons. The standard InChI is InChI=1S/C14H13N3O3S/c1-19-13(18)10-4-2-3-9(7-10)12-6-5-11(20-12)8-16-17-14(15)21/h2-8H,1H3,(H3,15,17,21)/b16-8+. The van der Waals surface area contributed by atoms with Crippen LogP contribution >= 0.6 is 12.2 Å². The highest BCUT2D eigenvalue weighted by molar-refractivity contribution is 7.80. The molecule has 0 spiro atoms. The zero-order valence-corrected chi connectivity index (χ0v) is 12.0. The summed E-state index contributed by atoms with van der Waals surface area (Å²) >= 11 is 4.62. The van der Waals surface area contributed by atoms with Crippen LogP contribution in [0.3, 0.4) is 0 Å². The van der Waals surface area contributed by atoms with Gasteiger partial charge in [-0.3, -0.25) is 5.43 Å². The van der Waals surface area contributed by atoms with Crippen molar-refractivity contribution in [1.29, 1.82) is 0 Å². The minimum Gasteiger partial charge on any atom is -0.465 e. The molecule has 0 fully saturated rings. The maximum absolute atomic E-state index is 11.5. The predicted octanol–water partition coefficient (Wildman–Crippen LogP) is 1.90. The van der Waals surface area contributed by atoms with E-state index < -0.39 is 5.97 Å². The van der Waals surface area contributed by atoms with Crippen LogP contribution in [0.25, 0.3) is 11.3 Å². The van der Waals surface area contributed by atoms with Gasteiger partial charge in [0, 0.05) is 5.56 Å². The van der Waals surface area contributed by atoms with Gasteiger partial charge in [0.05, 0.1) is 18.9 Å². The monoisotopic (exact) mass is 303 g/mol. The maximum atomic E-state index is 11.5. The number of nitrogens with one attached hydrogen (secondary N) is 1. The van der Waals surface area contributed by atoms with E-state index in [0.717, 1.165) is 5.56 Å². The Morgan fingerprint density at radius 3 is 2.95 bits per heavy atom. The van der Waals surface area contributed by atoms with Gasteiger partial charge in [-0.1, -0.05) is 12.1 Å². The van der Waals surface area contributed by atoms with E-state index in [2.05, 4.69) is 27.5 Å². The topological polar surface area (TPSA) is 89.8 Å². The molecule has 7 heteroatoms. The molecule has 108 valence electrons. The van der Waals surface area contributed by atoms with Gasteiger partial charge in [0.15, 0.2) is 5.11 Å². The average molecular weight is 303 g/mol. The molecular formula is C14H13N3O3S. The summed E-state index contributed by atoms with van der Waals surface area (Å²) in [5.41, 5.74) is 8.89. The van der Waals surface area contributed by atoms with Crippen molar-refractivity contribution in [2.45, 2.75) is 0 Å². The molecule has 0 amide bonds. The van der Waals surface area contributed by atoms with Crippen LogP contribution in [0.15, 0.2) is 45.9 Å². The number of nitrogens with zero attached hydrogens (tertiary/aromatic N) is 1. The average Bonchev–Trinajstić information content (AvgIpc) is 2.95. The molecule has 0 unspecified atom stereocenters. The van der Waals surface area contributed by atoms with Gasteiger partial charge in [-0.05, 0) is 36.5 Å². The van der Waals surface area contributed by atoms with Crippen molar-refractivity contribution in [2.24, 2.45) is 10.8 Å². The fourth-order valence-corrected chi connectivity index (χ4v) is 1.71. The first-order valence-corrected chi connectivity index (χ1v) is 6.38. The van der Waals surface area contributed by atoms with E-state index in [4.69, 9.17) is 10.2 Å². The summed E-state index contributed by atoms with van der Waals surface area (Å²) in [6, 6.07) is 10.5. The molecule has 0 aliphatic heterocycles. The first-order chi connectivity index (χ1) is 10.1. The second-order valence-electron chi connectivity index (χ2n) is 4.01. The third kappa shape index (κ3) is 3.90. The lowest BCUT2D eigenvalue weighted by atomic mass is 10.1. The predicted molar refractivity (Wildman–Crippen MR) is 83.0 cm³/mol. The van der Waals surface area contributed by atoms with E-state index in [1.807, 2.05) is 6.07 Å². The van der Waals surface area contributed by atoms with Gasteiger partial charge < -0.3 is 14.9 Å². The van der Waals surface area contributed by atoms with Crippen molar-refractivity contribution in [3.05, 3.63) is 47.7 Å². The van der Waals surface area contributed by atoms with Crippen LogP contribution in [0.5, 0.6) is 0 Å². The quantitative estimate of drug-likeness (QED) is 0.388. The second kappa shape index (κ2) is 6.67. The lowest BCUT2D eigenvalue weighted by molar-refractivity contribution is 0.0601. The largest absolute Gasteiger partial charge is 0.465 e. The molecule has 0 bridgehead atoms. The number of hydrazone groups is 1. The Balaban J connectivity index is 2.19. The number of furan rings is 1. The number of nitrogens with two attached hydrogens (primary N) is 1. The Morgan fingerprint density at radius 1 is 1.43 bits per heavy atom. The van der Waals surface area contributed by atoms with Crippen molar-refractivity contribution in [2.75, 3.05) is 7.11 Å². The summed E-state index contributed by atoms with van der Waals surface area (Å²) in [7, 11) is 1.34. The highest BCUT2D eigenvalue weighted by atomic mass is 32.1. The third-order valence-corrected chi connectivity index (χ3v) is 2.65. The third-order valence-electron chi connectivity index (χ3n) is 2.56. The van der Waals surface area contributed by atoms with Gasteiger partial charge in [0.2, 0.25) is 0 Å². The van der Waals surface area contributed by atoms with Crippen LogP contribution < -0.4 is 11.2 Å². The molecule has 0 saturated heterocycles. The van der Waals surface area contributed by atoms with Gasteiger partial charge >= 0.3 is 5.97 Å². The molecule has 1 aromatic heterocycles. The number of hydrogen-bond acceptors (Lipinski definition) is 5. The van der Waals surface area contributed by atoms with Crippen molar-refractivity contribution in [3.63, 3.8) is 0 Å². The SMILES string of the molecule is COC(=O)c1cccc(-c2ccc(/C=N/NC(N)=S)o2)c1. The highest BCUT2D eigenvalue weighted by Crippen LogP contribution is 2.22. The molecule has 0 aliphatic carbocycles. The fourth-order valence-electron chi connectivity index (χ4n) is 1.65. The molecular weight excluding hydrogens is 290 g/mol. The van der Waals surface area contributed by atoms with E-state index in [1.165, 1.54) is 13.3 Å². The fraction of sp³-hybridized carbons (Fsp3) is 0.0714. The Kier molecular flexibility index (Phi) is 4.68. The molecule has 0 saturated carbocycles. The molecule has 1 heterocycles. The summed E-state index contributed by atoms with van der Waals surface area (Å²) in [5, 5.41) is 3.87. The number of carbonyl (C=O) groups excluding carboxylic acids is 1. The molecule has 21 heavy (non-hydrogen) atoms. The van der Waals surface area contributed by atoms with Crippen LogP contribution in [0.1, 0.15) is 16.1 Å². The number of methoxy groups -OCH3 is 1. The van der Waals surface area contributed by atoms with E-state index in [1.54, 1.807) is 30.3 Å². The van der Waals surface area contributed by atoms with Crippen LogP contribution in [0.2, 0.25) is 0 Å². The van der Waals surface area contributed by atoms with E-state index in [-0.39, 0.29) is 5.11 Å². The first-order valence-electron chi connectivity index (χ1n) is 5.97. The van der Waals surface area contributed by atoms with Crippen molar-refractivity contribution < 1.29 is 13.9 Å². The number of benzene rings is 1. The van der Waals surface area contributed by atoms with Crippen LogP contribution in [-0.4, -0.2) is 24.4 Å². The van der Waals surface area contributed by atoms with Crippen LogP contribution in [0, 0.1) is 0 Å². The lowest BCUT2D eigenvalue weighted by Gasteiger charge is -2.01. The summed E-state index contributed by atoms with van der Waals surface area (Å²) in [5.74, 6) is 0.737. The van der Waals surface area contributed by atoms with E-state index >= 15 is 0 Å². The number of rotatable bonds is 4. The van der Waals surface area contributed by atoms with Gasteiger partial charge in [0.1, 0.15) is 11.5 Å². The smallest absolute Gasteiger partial charge is 0.337 e. The van der Waals surface area contributed by atoms with Crippen LogP contribution in [-0.2, 0) is 4.74 Å². The summed E-state index contributed by atoms with van der Waals surface area (Å²) < 4.78 is 10.3. The first kappa shape index (κ1) is 14.7. The van der Waals surface area contributed by atoms with Gasteiger partial charge in [-0.15, -0.1) is 0 Å². The summed E-state index contributed by atoms with van der Waals surface area (Å²) in [6.45, 7) is 0. The lowest BCUT2D eigenvalue weighted by Crippen LogP contribution is -2.23. The molecule has 0 atom stereocenters. The number of carbonyl (C=O) groups is 1. The number of ether oxygens (including phenoxy) is 1. The van der Waals surface area contributed by atoms with Gasteiger partial charge in [-0.2, -0.15) is 5.10 Å². The molecule has 6 nitrogen and oxygen atoms in total. The maximum Gasteiger partial charge on any atom is 0.337 e. The zero-order valence-electron chi connectivity index (χ0n) is 11.2.